The molecule has 0 amide bonds. The first-order chi connectivity index (χ1) is 5.20. The van der Waals surface area contributed by atoms with Gasteiger partial charge in [-0.25, -0.2) is 0 Å². The minimum atomic E-state index is 0.322. The summed E-state index contributed by atoms with van der Waals surface area (Å²) >= 11 is 0. The van der Waals surface area contributed by atoms with Crippen molar-refractivity contribution >= 4 is 0 Å². The number of rotatable bonds is 6. The van der Waals surface area contributed by atoms with Gasteiger partial charge in [0.1, 0.15) is 0 Å². The van der Waals surface area contributed by atoms with Crippen LogP contribution in [0.15, 0.2) is 12.7 Å². The normalized spacial score (nSPS) is 15.9. The van der Waals surface area contributed by atoms with Crippen molar-refractivity contribution in [3.63, 3.8) is 0 Å². The average Bonchev–Trinajstić information content (AvgIpc) is 2.04. The zero-order chi connectivity index (χ0) is 8.69. The monoisotopic (exact) mass is 156 g/mol. The summed E-state index contributed by atoms with van der Waals surface area (Å²) < 4.78 is 0. The lowest BCUT2D eigenvalue weighted by molar-refractivity contribution is 0.226. The second kappa shape index (κ2) is 6.41. The Kier molecular flexibility index (Phi) is 6.24. The molecule has 0 heterocycles. The SMILES string of the molecule is C=C[C@H](C)CCC[C@H](C)CO. The molecular weight excluding hydrogens is 136 g/mol. The van der Waals surface area contributed by atoms with Crippen LogP contribution in [-0.2, 0) is 0 Å². The van der Waals surface area contributed by atoms with E-state index in [1.54, 1.807) is 0 Å². The Morgan fingerprint density at radius 3 is 2.45 bits per heavy atom. The Balaban J connectivity index is 3.19. The van der Waals surface area contributed by atoms with Gasteiger partial charge in [-0.3, -0.25) is 0 Å². The molecule has 0 aromatic heterocycles. The van der Waals surface area contributed by atoms with Crippen LogP contribution >= 0.6 is 0 Å². The molecule has 0 aliphatic carbocycles. The molecule has 0 aromatic rings. The summed E-state index contributed by atoms with van der Waals surface area (Å²) in [6.45, 7) is 8.31. The van der Waals surface area contributed by atoms with E-state index in [-0.39, 0.29) is 0 Å². The summed E-state index contributed by atoms with van der Waals surface area (Å²) in [5, 5.41) is 8.74. The fourth-order valence-electron chi connectivity index (χ4n) is 0.997. The quantitative estimate of drug-likeness (QED) is 0.586. The first-order valence-electron chi connectivity index (χ1n) is 4.44. The standard InChI is InChI=1S/C10H20O/c1-4-9(2)6-5-7-10(3)8-11/h4,9-11H,1,5-8H2,2-3H3/t9-,10-/m0/s1. The summed E-state index contributed by atoms with van der Waals surface area (Å²) in [7, 11) is 0. The molecule has 0 fully saturated rings. The van der Waals surface area contributed by atoms with Crippen molar-refractivity contribution in [1.82, 2.24) is 0 Å². The van der Waals surface area contributed by atoms with Gasteiger partial charge < -0.3 is 5.11 Å². The van der Waals surface area contributed by atoms with Gasteiger partial charge >= 0.3 is 0 Å². The van der Waals surface area contributed by atoms with E-state index in [1.165, 1.54) is 12.8 Å². The van der Waals surface area contributed by atoms with E-state index < -0.39 is 0 Å². The summed E-state index contributed by atoms with van der Waals surface area (Å²) in [5.41, 5.74) is 0. The summed E-state index contributed by atoms with van der Waals surface area (Å²) in [4.78, 5) is 0. The lowest BCUT2D eigenvalue weighted by Gasteiger charge is -2.08. The first-order valence-corrected chi connectivity index (χ1v) is 4.44. The van der Waals surface area contributed by atoms with Gasteiger partial charge in [-0.15, -0.1) is 6.58 Å². The number of aliphatic hydroxyl groups is 1. The number of hydrogen-bond acceptors (Lipinski definition) is 1. The van der Waals surface area contributed by atoms with Crippen LogP contribution in [0.25, 0.3) is 0 Å². The van der Waals surface area contributed by atoms with Crippen molar-refractivity contribution in [3.05, 3.63) is 12.7 Å². The Morgan fingerprint density at radius 1 is 1.36 bits per heavy atom. The average molecular weight is 156 g/mol. The van der Waals surface area contributed by atoms with Crippen LogP contribution in [0.1, 0.15) is 33.1 Å². The maximum absolute atomic E-state index is 8.74. The molecule has 0 aliphatic heterocycles. The van der Waals surface area contributed by atoms with Crippen molar-refractivity contribution in [3.8, 4) is 0 Å². The highest BCUT2D eigenvalue weighted by atomic mass is 16.3. The van der Waals surface area contributed by atoms with Gasteiger partial charge in [0.25, 0.3) is 0 Å². The van der Waals surface area contributed by atoms with Crippen LogP contribution in [0.5, 0.6) is 0 Å². The second-order valence-electron chi connectivity index (χ2n) is 3.43. The fraction of sp³-hybridized carbons (Fsp3) is 0.800. The van der Waals surface area contributed by atoms with Crippen molar-refractivity contribution < 1.29 is 5.11 Å². The van der Waals surface area contributed by atoms with Gasteiger partial charge in [0.2, 0.25) is 0 Å². The highest BCUT2D eigenvalue weighted by Crippen LogP contribution is 2.12. The highest BCUT2D eigenvalue weighted by Gasteiger charge is 2.00. The Hall–Kier alpha value is -0.300. The summed E-state index contributed by atoms with van der Waals surface area (Å²) in [5.74, 6) is 1.09. The Labute approximate surface area is 70.1 Å². The Bertz CT molecular complexity index is 99.0. The van der Waals surface area contributed by atoms with E-state index in [4.69, 9.17) is 5.11 Å². The summed E-state index contributed by atoms with van der Waals surface area (Å²) in [6.07, 6.45) is 5.53. The minimum Gasteiger partial charge on any atom is -0.396 e. The number of aliphatic hydroxyl groups excluding tert-OH is 1. The molecule has 1 heteroatoms. The third-order valence-electron chi connectivity index (χ3n) is 2.07. The van der Waals surface area contributed by atoms with Crippen LogP contribution in [-0.4, -0.2) is 11.7 Å². The number of hydrogen-bond donors (Lipinski definition) is 1. The maximum Gasteiger partial charge on any atom is 0.0456 e. The van der Waals surface area contributed by atoms with Gasteiger partial charge in [0.15, 0.2) is 0 Å². The van der Waals surface area contributed by atoms with Crippen LogP contribution in [0.3, 0.4) is 0 Å². The second-order valence-corrected chi connectivity index (χ2v) is 3.43. The van der Waals surface area contributed by atoms with Crippen LogP contribution in [0.4, 0.5) is 0 Å². The van der Waals surface area contributed by atoms with Gasteiger partial charge in [0.05, 0.1) is 0 Å². The van der Waals surface area contributed by atoms with Crippen molar-refractivity contribution in [2.75, 3.05) is 6.61 Å². The largest absolute Gasteiger partial charge is 0.396 e. The molecular formula is C10H20O. The molecule has 0 bridgehead atoms. The Morgan fingerprint density at radius 2 is 2.00 bits per heavy atom. The summed E-state index contributed by atoms with van der Waals surface area (Å²) in [6, 6.07) is 0. The van der Waals surface area contributed by atoms with E-state index in [2.05, 4.69) is 20.4 Å². The van der Waals surface area contributed by atoms with Gasteiger partial charge in [-0.1, -0.05) is 26.3 Å². The lowest BCUT2D eigenvalue weighted by atomic mass is 9.99. The molecule has 1 N–H and O–H groups in total. The molecule has 0 rings (SSSR count). The lowest BCUT2D eigenvalue weighted by Crippen LogP contribution is -2.01. The van der Waals surface area contributed by atoms with Crippen molar-refractivity contribution in [1.29, 1.82) is 0 Å². The van der Waals surface area contributed by atoms with Gasteiger partial charge in [-0.2, -0.15) is 0 Å². The predicted octanol–water partition coefficient (Wildman–Crippen LogP) is 2.61. The zero-order valence-corrected chi connectivity index (χ0v) is 7.71. The molecule has 11 heavy (non-hydrogen) atoms. The van der Waals surface area contributed by atoms with Crippen LogP contribution in [0, 0.1) is 11.8 Å². The molecule has 0 unspecified atom stereocenters. The highest BCUT2D eigenvalue weighted by molar-refractivity contribution is 4.74. The van der Waals surface area contributed by atoms with E-state index in [1.807, 2.05) is 6.08 Å². The van der Waals surface area contributed by atoms with E-state index in [9.17, 15) is 0 Å². The smallest absolute Gasteiger partial charge is 0.0456 e. The third kappa shape index (κ3) is 6.11. The number of allylic oxidation sites excluding steroid dienone is 1. The van der Waals surface area contributed by atoms with Crippen molar-refractivity contribution in [2.24, 2.45) is 11.8 Å². The van der Waals surface area contributed by atoms with E-state index in [0.717, 1.165) is 6.42 Å². The van der Waals surface area contributed by atoms with E-state index in [0.29, 0.717) is 18.4 Å². The molecule has 66 valence electrons. The zero-order valence-electron chi connectivity index (χ0n) is 7.71. The topological polar surface area (TPSA) is 20.2 Å². The maximum atomic E-state index is 8.74. The van der Waals surface area contributed by atoms with Crippen LogP contribution < -0.4 is 0 Å². The van der Waals surface area contributed by atoms with Gasteiger partial charge in [0, 0.05) is 6.61 Å². The minimum absolute atomic E-state index is 0.322. The molecule has 1 nitrogen and oxygen atoms in total. The molecule has 0 aliphatic rings. The molecule has 0 radical (unpaired) electrons. The van der Waals surface area contributed by atoms with Gasteiger partial charge in [-0.05, 0) is 24.7 Å². The molecule has 0 saturated heterocycles. The first kappa shape index (κ1) is 10.7. The fourth-order valence-corrected chi connectivity index (χ4v) is 0.997. The van der Waals surface area contributed by atoms with E-state index >= 15 is 0 Å². The third-order valence-corrected chi connectivity index (χ3v) is 2.07. The van der Waals surface area contributed by atoms with Crippen LogP contribution in [0.2, 0.25) is 0 Å². The molecule has 0 aromatic carbocycles. The molecule has 2 atom stereocenters. The predicted molar refractivity (Wildman–Crippen MR) is 49.5 cm³/mol. The molecule has 0 spiro atoms. The van der Waals surface area contributed by atoms with Crippen molar-refractivity contribution in [2.45, 2.75) is 33.1 Å². The molecule has 0 saturated carbocycles.